The first kappa shape index (κ1) is 37.0. The molecule has 0 heterocycles. The van der Waals surface area contributed by atoms with Crippen molar-refractivity contribution in [2.45, 2.75) is 33.0 Å². The third kappa shape index (κ3) is 10.0. The third-order valence-electron chi connectivity index (χ3n) is 6.19. The summed E-state index contributed by atoms with van der Waals surface area (Å²) in [7, 11) is 2.45. The first-order valence-electron chi connectivity index (χ1n) is 14.2. The largest absolute Gasteiger partial charge is 0.493 e. The summed E-state index contributed by atoms with van der Waals surface area (Å²) in [4.78, 5) is 87.6. The fraction of sp³-hybridized carbons (Fsp3) is 0.242. The van der Waals surface area contributed by atoms with Gasteiger partial charge in [-0.3, -0.25) is 14.4 Å². The van der Waals surface area contributed by atoms with Crippen molar-refractivity contribution in [1.82, 2.24) is 0 Å². The second-order valence-electron chi connectivity index (χ2n) is 9.70. The number of aliphatic carboxylic acids is 1. The summed E-state index contributed by atoms with van der Waals surface area (Å²) in [5.41, 5.74) is -0.528. The van der Waals surface area contributed by atoms with Gasteiger partial charge in [0, 0.05) is 19.5 Å². The normalized spacial score (nSPS) is 11.5. The van der Waals surface area contributed by atoms with E-state index in [1.54, 1.807) is 6.92 Å². The predicted octanol–water partition coefficient (Wildman–Crippen LogP) is 3.21. The van der Waals surface area contributed by atoms with Crippen LogP contribution in [0.4, 0.5) is 5.69 Å². The lowest BCUT2D eigenvalue weighted by atomic mass is 10.1. The molecule has 0 aliphatic rings. The molecule has 1 amide bonds. The molecule has 16 nitrogen and oxygen atoms in total. The van der Waals surface area contributed by atoms with Crippen LogP contribution in [-0.2, 0) is 33.4 Å². The molecule has 0 fully saturated rings. The maximum Gasteiger partial charge on any atom is 0.349 e. The minimum atomic E-state index is -2.44. The zero-order chi connectivity index (χ0) is 36.2. The molecule has 0 aromatic heterocycles. The molecule has 258 valence electrons. The maximum absolute atomic E-state index is 13.6. The van der Waals surface area contributed by atoms with Crippen molar-refractivity contribution in [2.75, 3.05) is 26.1 Å². The summed E-state index contributed by atoms with van der Waals surface area (Å²) in [6.45, 7) is 3.96. The number of methoxy groups -OCH3 is 2. The van der Waals surface area contributed by atoms with Crippen LogP contribution in [0.25, 0.3) is 0 Å². The highest BCUT2D eigenvalue weighted by atomic mass is 16.6. The Morgan fingerprint density at radius 3 is 1.59 bits per heavy atom. The SMILES string of the molecule is CCOC(=O)c1cccc(NC(=O)[C@H](OC(=O)c2ccc(OC(C)=O)c(OC)c2)[C@H](OC(=O)c2ccc(OC(C)=O)c(OC)c2)C(=O)O)c1. The van der Waals surface area contributed by atoms with Gasteiger partial charge in [0.25, 0.3) is 5.91 Å². The predicted molar refractivity (Wildman–Crippen MR) is 166 cm³/mol. The standard InChI is InChI=1S/C33H31NO15/c1-6-45-31(40)19-8-7-9-22(14-19)34-29(37)27(48-32(41)20-10-12-23(46-17(2)35)25(15-20)43-4)28(30(38)39)49-33(42)21-11-13-24(47-18(3)36)26(16-21)44-5/h7-16,27-28H,6H2,1-5H3,(H,34,37)(H,38,39)/t27-,28+/m1/s1. The molecular weight excluding hydrogens is 650 g/mol. The van der Waals surface area contributed by atoms with Crippen molar-refractivity contribution in [1.29, 1.82) is 0 Å². The molecule has 2 atom stereocenters. The fourth-order valence-electron chi connectivity index (χ4n) is 4.08. The molecule has 3 aromatic rings. The summed E-state index contributed by atoms with van der Waals surface area (Å²) in [5, 5.41) is 12.5. The van der Waals surface area contributed by atoms with Crippen LogP contribution in [0.5, 0.6) is 23.0 Å². The van der Waals surface area contributed by atoms with Crippen LogP contribution in [0.3, 0.4) is 0 Å². The summed E-state index contributed by atoms with van der Waals surface area (Å²) in [5.74, 6) is -8.01. The Balaban J connectivity index is 2.00. The molecule has 3 rings (SSSR count). The van der Waals surface area contributed by atoms with Gasteiger partial charge < -0.3 is 43.6 Å². The highest BCUT2D eigenvalue weighted by Gasteiger charge is 2.41. The lowest BCUT2D eigenvalue weighted by Gasteiger charge is -2.24. The smallest absolute Gasteiger partial charge is 0.349 e. The van der Waals surface area contributed by atoms with E-state index in [9.17, 15) is 38.7 Å². The molecule has 0 aliphatic carbocycles. The van der Waals surface area contributed by atoms with E-state index in [2.05, 4.69) is 5.32 Å². The number of amides is 1. The maximum atomic E-state index is 13.6. The van der Waals surface area contributed by atoms with Gasteiger partial charge in [-0.2, -0.15) is 0 Å². The second-order valence-corrected chi connectivity index (χ2v) is 9.70. The number of esters is 5. The van der Waals surface area contributed by atoms with Crippen LogP contribution in [0.1, 0.15) is 51.8 Å². The molecule has 0 saturated carbocycles. The van der Waals surface area contributed by atoms with E-state index in [1.165, 1.54) is 50.6 Å². The van der Waals surface area contributed by atoms with E-state index in [4.69, 9.17) is 33.2 Å². The molecule has 49 heavy (non-hydrogen) atoms. The molecule has 0 spiro atoms. The number of carbonyl (C=O) groups excluding carboxylic acids is 6. The van der Waals surface area contributed by atoms with Crippen LogP contribution < -0.4 is 24.3 Å². The Morgan fingerprint density at radius 2 is 1.14 bits per heavy atom. The second kappa shape index (κ2) is 16.9. The number of benzene rings is 3. The molecule has 0 unspecified atom stereocenters. The molecule has 2 N–H and O–H groups in total. The summed E-state index contributed by atoms with van der Waals surface area (Å²) in [6.07, 6.45) is -4.77. The number of carboxylic acid groups (broad SMARTS) is 1. The average molecular weight is 682 g/mol. The van der Waals surface area contributed by atoms with Gasteiger partial charge in [0.2, 0.25) is 12.2 Å². The van der Waals surface area contributed by atoms with Crippen LogP contribution in [0.2, 0.25) is 0 Å². The average Bonchev–Trinajstić information content (AvgIpc) is 3.05. The first-order chi connectivity index (χ1) is 23.3. The number of rotatable bonds is 14. The molecule has 0 saturated heterocycles. The number of nitrogens with one attached hydrogen (secondary N) is 1. The monoisotopic (exact) mass is 681 g/mol. The summed E-state index contributed by atoms with van der Waals surface area (Å²) >= 11 is 0. The van der Waals surface area contributed by atoms with Crippen molar-refractivity contribution in [3.05, 3.63) is 77.4 Å². The number of carbonyl (C=O) groups is 7. The number of anilines is 1. The molecule has 0 aliphatic heterocycles. The van der Waals surface area contributed by atoms with Gasteiger partial charge in [0.05, 0.1) is 37.5 Å². The minimum absolute atomic E-state index is 0.0229. The van der Waals surface area contributed by atoms with Crippen LogP contribution in [0.15, 0.2) is 60.7 Å². The molecular formula is C33H31NO15. The zero-order valence-electron chi connectivity index (χ0n) is 26.8. The summed E-state index contributed by atoms with van der Waals surface area (Å²) < 4.78 is 35.8. The van der Waals surface area contributed by atoms with Gasteiger partial charge in [-0.15, -0.1) is 0 Å². The van der Waals surface area contributed by atoms with Gasteiger partial charge in [-0.25, -0.2) is 19.2 Å². The number of carboxylic acids is 1. The van der Waals surface area contributed by atoms with Crippen molar-refractivity contribution in [2.24, 2.45) is 0 Å². The van der Waals surface area contributed by atoms with Gasteiger partial charge in [0.15, 0.2) is 23.0 Å². The Kier molecular flexibility index (Phi) is 12.8. The van der Waals surface area contributed by atoms with Crippen molar-refractivity contribution in [3.8, 4) is 23.0 Å². The van der Waals surface area contributed by atoms with Crippen molar-refractivity contribution >= 4 is 47.4 Å². The Morgan fingerprint density at radius 1 is 0.653 bits per heavy atom. The summed E-state index contributed by atoms with van der Waals surface area (Å²) in [6, 6.07) is 12.3. The van der Waals surface area contributed by atoms with E-state index in [0.717, 1.165) is 38.1 Å². The van der Waals surface area contributed by atoms with E-state index in [0.29, 0.717) is 0 Å². The number of hydrogen-bond donors (Lipinski definition) is 2. The molecule has 0 radical (unpaired) electrons. The first-order valence-corrected chi connectivity index (χ1v) is 14.2. The quantitative estimate of drug-likeness (QED) is 0.142. The van der Waals surface area contributed by atoms with Gasteiger partial charge in [-0.05, 0) is 61.5 Å². The fourth-order valence-corrected chi connectivity index (χ4v) is 4.08. The number of ether oxygens (including phenoxy) is 7. The van der Waals surface area contributed by atoms with Crippen LogP contribution in [-0.4, -0.2) is 79.9 Å². The van der Waals surface area contributed by atoms with Gasteiger partial charge in [-0.1, -0.05) is 6.07 Å². The van der Waals surface area contributed by atoms with Gasteiger partial charge >= 0.3 is 35.8 Å². The Bertz CT molecular complexity index is 1770. The minimum Gasteiger partial charge on any atom is -0.493 e. The topological polar surface area (TPSA) is 216 Å². The highest BCUT2D eigenvalue weighted by molar-refractivity contribution is 6.02. The van der Waals surface area contributed by atoms with Crippen LogP contribution in [0, 0.1) is 0 Å². The van der Waals surface area contributed by atoms with E-state index in [1.807, 2.05) is 0 Å². The third-order valence-corrected chi connectivity index (χ3v) is 6.19. The van der Waals surface area contributed by atoms with E-state index in [-0.39, 0.29) is 52.0 Å². The van der Waals surface area contributed by atoms with Crippen molar-refractivity contribution < 1.29 is 71.8 Å². The lowest BCUT2D eigenvalue weighted by molar-refractivity contribution is -0.157. The zero-order valence-corrected chi connectivity index (χ0v) is 26.8. The lowest BCUT2D eigenvalue weighted by Crippen LogP contribution is -2.48. The highest BCUT2D eigenvalue weighted by Crippen LogP contribution is 2.30. The van der Waals surface area contributed by atoms with E-state index >= 15 is 0 Å². The van der Waals surface area contributed by atoms with E-state index < -0.39 is 53.9 Å². The van der Waals surface area contributed by atoms with Gasteiger partial charge in [0.1, 0.15) is 0 Å². The molecule has 3 aromatic carbocycles. The molecule has 16 heteroatoms. The number of hydrogen-bond acceptors (Lipinski definition) is 14. The van der Waals surface area contributed by atoms with Crippen LogP contribution >= 0.6 is 0 Å². The Hall–Kier alpha value is -6.45. The van der Waals surface area contributed by atoms with Crippen molar-refractivity contribution in [3.63, 3.8) is 0 Å². The molecule has 0 bridgehead atoms. The Labute approximate surface area is 278 Å².